The number of hydrogen-bond acceptors (Lipinski definition) is 1. The first-order valence-corrected chi connectivity index (χ1v) is 2.40. The smallest absolute Gasteiger partial charge is 0.115 e. The molecule has 0 saturated carbocycles. The van der Waals surface area contributed by atoms with Crippen molar-refractivity contribution in [3.63, 3.8) is 0 Å². The predicted molar refractivity (Wildman–Crippen MR) is 32.6 cm³/mol. The molecule has 1 heteroatoms. The lowest BCUT2D eigenvalue weighted by molar-refractivity contribution is 0.475. The van der Waals surface area contributed by atoms with E-state index in [4.69, 9.17) is 5.11 Å². The third-order valence-electron chi connectivity index (χ3n) is 0.911. The van der Waals surface area contributed by atoms with Crippen molar-refractivity contribution in [1.29, 1.82) is 0 Å². The molecule has 0 amide bonds. The summed E-state index contributed by atoms with van der Waals surface area (Å²) in [5.74, 6) is 0.275. The minimum Gasteiger partial charge on any atom is -0.508 e. The zero-order chi connectivity index (χ0) is 5.98. The molecule has 1 aromatic rings. The molecule has 0 fully saturated rings. The average Bonchev–Trinajstić information content (AvgIpc) is 1.64. The van der Waals surface area contributed by atoms with Crippen LogP contribution in [0.4, 0.5) is 0 Å². The molecule has 0 spiro atoms. The van der Waals surface area contributed by atoms with E-state index in [1.54, 1.807) is 18.2 Å². The van der Waals surface area contributed by atoms with Crippen LogP contribution in [0.3, 0.4) is 0 Å². The van der Waals surface area contributed by atoms with Gasteiger partial charge in [0.1, 0.15) is 5.75 Å². The normalized spacial score (nSPS) is 9.12. The van der Waals surface area contributed by atoms with Crippen LogP contribution >= 0.6 is 0 Å². The minimum atomic E-state index is 0.275. The lowest BCUT2D eigenvalue weighted by Crippen LogP contribution is -1.66. The first-order valence-electron chi connectivity index (χ1n) is 2.40. The van der Waals surface area contributed by atoms with Crippen molar-refractivity contribution in [2.75, 3.05) is 0 Å². The molecule has 0 aliphatic carbocycles. The van der Waals surface area contributed by atoms with E-state index in [1.165, 1.54) is 0 Å². The fourth-order valence-electron chi connectivity index (χ4n) is 0.556. The molecular formula is C7H7O. The van der Waals surface area contributed by atoms with Gasteiger partial charge in [-0.05, 0) is 24.6 Å². The minimum absolute atomic E-state index is 0.275. The van der Waals surface area contributed by atoms with Gasteiger partial charge >= 0.3 is 0 Å². The molecule has 8 heavy (non-hydrogen) atoms. The summed E-state index contributed by atoms with van der Waals surface area (Å²) in [6.07, 6.45) is 0. The van der Waals surface area contributed by atoms with Gasteiger partial charge in [-0.2, -0.15) is 0 Å². The first-order chi connectivity index (χ1) is 3.79. The second-order valence-corrected chi connectivity index (χ2v) is 1.67. The highest BCUT2D eigenvalue weighted by Crippen LogP contribution is 2.08. The number of aromatic hydroxyl groups is 1. The summed E-state index contributed by atoms with van der Waals surface area (Å²) in [6.45, 7) is 3.62. The van der Waals surface area contributed by atoms with Gasteiger partial charge in [0.25, 0.3) is 0 Å². The largest absolute Gasteiger partial charge is 0.508 e. The van der Waals surface area contributed by atoms with Gasteiger partial charge in [-0.25, -0.2) is 0 Å². The molecule has 0 atom stereocenters. The Bertz CT molecular complexity index is 164. The number of benzene rings is 1. The zero-order valence-corrected chi connectivity index (χ0v) is 4.46. The Kier molecular flexibility index (Phi) is 1.20. The van der Waals surface area contributed by atoms with E-state index in [2.05, 4.69) is 6.92 Å². The molecule has 0 saturated heterocycles. The topological polar surface area (TPSA) is 20.2 Å². The van der Waals surface area contributed by atoms with Crippen LogP contribution in [0.2, 0.25) is 0 Å². The van der Waals surface area contributed by atoms with Crippen molar-refractivity contribution in [2.45, 2.75) is 0 Å². The first kappa shape index (κ1) is 5.16. The van der Waals surface area contributed by atoms with Gasteiger partial charge in [-0.1, -0.05) is 12.1 Å². The maximum absolute atomic E-state index is 8.77. The summed E-state index contributed by atoms with van der Waals surface area (Å²) in [6, 6.07) is 6.83. The Labute approximate surface area is 48.6 Å². The van der Waals surface area contributed by atoms with Crippen molar-refractivity contribution < 1.29 is 5.11 Å². The average molecular weight is 107 g/mol. The maximum atomic E-state index is 8.77. The molecule has 41 valence electrons. The van der Waals surface area contributed by atoms with E-state index in [1.807, 2.05) is 6.07 Å². The van der Waals surface area contributed by atoms with E-state index in [-0.39, 0.29) is 5.75 Å². The SMILES string of the molecule is [CH2]c1cccc(O)c1. The van der Waals surface area contributed by atoms with E-state index < -0.39 is 0 Å². The summed E-state index contributed by atoms with van der Waals surface area (Å²) in [4.78, 5) is 0. The van der Waals surface area contributed by atoms with Gasteiger partial charge < -0.3 is 5.11 Å². The standard InChI is InChI=1S/C7H7O/c1-6-3-2-4-7(8)5-6/h2-5,8H,1H2. The summed E-state index contributed by atoms with van der Waals surface area (Å²) < 4.78 is 0. The van der Waals surface area contributed by atoms with Crippen molar-refractivity contribution in [3.05, 3.63) is 36.8 Å². The van der Waals surface area contributed by atoms with Crippen LogP contribution < -0.4 is 0 Å². The molecule has 1 rings (SSSR count). The predicted octanol–water partition coefficient (Wildman–Crippen LogP) is 1.57. The Morgan fingerprint density at radius 2 is 2.12 bits per heavy atom. The van der Waals surface area contributed by atoms with Gasteiger partial charge in [-0.3, -0.25) is 0 Å². The highest BCUT2D eigenvalue weighted by molar-refractivity contribution is 5.28. The van der Waals surface area contributed by atoms with Crippen molar-refractivity contribution >= 4 is 0 Å². The van der Waals surface area contributed by atoms with E-state index in [0.717, 1.165) is 5.56 Å². The van der Waals surface area contributed by atoms with Gasteiger partial charge in [0.05, 0.1) is 0 Å². The van der Waals surface area contributed by atoms with Crippen LogP contribution in [0.25, 0.3) is 0 Å². The summed E-state index contributed by atoms with van der Waals surface area (Å²) in [5, 5.41) is 8.77. The quantitative estimate of drug-likeness (QED) is 0.533. The third kappa shape index (κ3) is 0.997. The van der Waals surface area contributed by atoms with Crippen LogP contribution in [0.15, 0.2) is 24.3 Å². The highest BCUT2D eigenvalue weighted by Gasteiger charge is 1.83. The van der Waals surface area contributed by atoms with Crippen LogP contribution in [0.1, 0.15) is 5.56 Å². The lowest BCUT2D eigenvalue weighted by atomic mass is 10.2. The second kappa shape index (κ2) is 1.86. The highest BCUT2D eigenvalue weighted by atomic mass is 16.3. The van der Waals surface area contributed by atoms with E-state index in [9.17, 15) is 0 Å². The number of hydrogen-bond donors (Lipinski definition) is 1. The van der Waals surface area contributed by atoms with Gasteiger partial charge in [-0.15, -0.1) is 0 Å². The second-order valence-electron chi connectivity index (χ2n) is 1.67. The summed E-state index contributed by atoms with van der Waals surface area (Å²) in [5.41, 5.74) is 0.838. The Morgan fingerprint density at radius 1 is 1.38 bits per heavy atom. The Balaban J connectivity index is 3.08. The van der Waals surface area contributed by atoms with Crippen LogP contribution in [-0.2, 0) is 0 Å². The van der Waals surface area contributed by atoms with Crippen LogP contribution in [0.5, 0.6) is 5.75 Å². The summed E-state index contributed by atoms with van der Waals surface area (Å²) in [7, 11) is 0. The molecule has 1 radical (unpaired) electrons. The van der Waals surface area contributed by atoms with Gasteiger partial charge in [0, 0.05) is 0 Å². The molecule has 0 aromatic heterocycles. The van der Waals surface area contributed by atoms with E-state index in [0.29, 0.717) is 0 Å². The fraction of sp³-hybridized carbons (Fsp3) is 0. The van der Waals surface area contributed by atoms with Crippen molar-refractivity contribution in [2.24, 2.45) is 0 Å². The number of phenolic OH excluding ortho intramolecular Hbond substituents is 1. The lowest BCUT2D eigenvalue weighted by Gasteiger charge is -1.89. The zero-order valence-electron chi connectivity index (χ0n) is 4.46. The monoisotopic (exact) mass is 107 g/mol. The van der Waals surface area contributed by atoms with Gasteiger partial charge in [0.2, 0.25) is 0 Å². The Morgan fingerprint density at radius 3 is 2.50 bits per heavy atom. The number of phenols is 1. The molecule has 0 heterocycles. The molecule has 1 nitrogen and oxygen atoms in total. The molecule has 0 unspecified atom stereocenters. The van der Waals surface area contributed by atoms with Gasteiger partial charge in [0.15, 0.2) is 0 Å². The maximum Gasteiger partial charge on any atom is 0.115 e. The van der Waals surface area contributed by atoms with E-state index >= 15 is 0 Å². The van der Waals surface area contributed by atoms with Crippen LogP contribution in [-0.4, -0.2) is 5.11 Å². The molecular weight excluding hydrogens is 100 g/mol. The van der Waals surface area contributed by atoms with Crippen LogP contribution in [0, 0.1) is 6.92 Å². The molecule has 0 aliphatic heterocycles. The fourth-order valence-corrected chi connectivity index (χ4v) is 0.556. The van der Waals surface area contributed by atoms with Crippen molar-refractivity contribution in [1.82, 2.24) is 0 Å². The molecule has 1 N–H and O–H groups in total. The van der Waals surface area contributed by atoms with Crippen molar-refractivity contribution in [3.8, 4) is 5.75 Å². The number of rotatable bonds is 0. The molecule has 1 aromatic carbocycles. The Hall–Kier alpha value is -0.980. The summed E-state index contributed by atoms with van der Waals surface area (Å²) >= 11 is 0. The molecule has 0 bridgehead atoms. The molecule has 0 aliphatic rings. The third-order valence-corrected chi connectivity index (χ3v) is 0.911.